The van der Waals surface area contributed by atoms with Crippen LogP contribution in [-0.4, -0.2) is 29.0 Å². The van der Waals surface area contributed by atoms with E-state index in [1.165, 1.54) is 6.07 Å². The summed E-state index contributed by atoms with van der Waals surface area (Å²) in [4.78, 5) is 16.7. The molecule has 1 saturated heterocycles. The minimum Gasteiger partial charge on any atom is -0.356 e. The van der Waals surface area contributed by atoms with Gasteiger partial charge < -0.3 is 10.6 Å². The van der Waals surface area contributed by atoms with Crippen molar-refractivity contribution in [3.8, 4) is 0 Å². The van der Waals surface area contributed by atoms with Crippen LogP contribution in [0.1, 0.15) is 18.5 Å². The van der Waals surface area contributed by atoms with Gasteiger partial charge in [0, 0.05) is 25.2 Å². The van der Waals surface area contributed by atoms with Crippen molar-refractivity contribution in [2.75, 3.05) is 18.0 Å². The first kappa shape index (κ1) is 11.8. The first-order valence-corrected chi connectivity index (χ1v) is 5.70. The molecule has 17 heavy (non-hydrogen) atoms. The van der Waals surface area contributed by atoms with Crippen molar-refractivity contribution in [2.24, 2.45) is 5.73 Å². The number of nitro groups is 1. The highest BCUT2D eigenvalue weighted by Crippen LogP contribution is 2.22. The van der Waals surface area contributed by atoms with E-state index in [0.29, 0.717) is 5.69 Å². The number of aryl methyl sites for hydroxylation is 1. The molecule has 0 atom stereocenters. The Labute approximate surface area is 99.6 Å². The lowest BCUT2D eigenvalue weighted by molar-refractivity contribution is -0.385. The first-order valence-electron chi connectivity index (χ1n) is 5.70. The fourth-order valence-corrected chi connectivity index (χ4v) is 2.04. The third-order valence-corrected chi connectivity index (χ3v) is 3.10. The third kappa shape index (κ3) is 2.52. The third-order valence-electron chi connectivity index (χ3n) is 3.10. The largest absolute Gasteiger partial charge is 0.356 e. The molecule has 6 nitrogen and oxygen atoms in total. The quantitative estimate of drug-likeness (QED) is 0.616. The molecule has 1 fully saturated rings. The van der Waals surface area contributed by atoms with Crippen LogP contribution in [-0.2, 0) is 0 Å². The summed E-state index contributed by atoms with van der Waals surface area (Å²) in [5, 5.41) is 10.7. The Morgan fingerprint density at radius 1 is 1.47 bits per heavy atom. The number of nitrogens with two attached hydrogens (primary N) is 1. The molecule has 0 aromatic carbocycles. The summed E-state index contributed by atoms with van der Waals surface area (Å²) in [7, 11) is 0. The van der Waals surface area contributed by atoms with Crippen LogP contribution in [0.25, 0.3) is 0 Å². The van der Waals surface area contributed by atoms with Gasteiger partial charge in [-0.15, -0.1) is 0 Å². The minimum absolute atomic E-state index is 0.0717. The molecule has 0 spiro atoms. The summed E-state index contributed by atoms with van der Waals surface area (Å²) in [6, 6.07) is 3.50. The molecule has 1 aromatic rings. The zero-order valence-corrected chi connectivity index (χ0v) is 9.80. The highest BCUT2D eigenvalue weighted by molar-refractivity contribution is 5.47. The molecule has 1 aromatic heterocycles. The summed E-state index contributed by atoms with van der Waals surface area (Å²) in [5.74, 6) is 0.806. The van der Waals surface area contributed by atoms with E-state index >= 15 is 0 Å². The maximum Gasteiger partial charge on any atom is 0.290 e. The Balaban J connectivity index is 2.17. The van der Waals surface area contributed by atoms with E-state index < -0.39 is 4.92 Å². The second-order valence-electron chi connectivity index (χ2n) is 4.36. The van der Waals surface area contributed by atoms with E-state index in [9.17, 15) is 10.1 Å². The van der Waals surface area contributed by atoms with Crippen LogP contribution in [0.4, 0.5) is 11.5 Å². The normalized spacial score (nSPS) is 17.2. The fourth-order valence-electron chi connectivity index (χ4n) is 2.04. The molecule has 2 N–H and O–H groups in total. The fraction of sp³-hybridized carbons (Fsp3) is 0.545. The number of anilines is 1. The first-order chi connectivity index (χ1) is 8.08. The van der Waals surface area contributed by atoms with Crippen molar-refractivity contribution in [3.05, 3.63) is 27.9 Å². The lowest BCUT2D eigenvalue weighted by Gasteiger charge is -2.31. The highest BCUT2D eigenvalue weighted by Gasteiger charge is 2.19. The van der Waals surface area contributed by atoms with E-state index in [0.717, 1.165) is 31.7 Å². The van der Waals surface area contributed by atoms with Crippen molar-refractivity contribution in [2.45, 2.75) is 25.8 Å². The average Bonchev–Trinajstić information content (AvgIpc) is 2.29. The van der Waals surface area contributed by atoms with Gasteiger partial charge in [-0.1, -0.05) is 0 Å². The van der Waals surface area contributed by atoms with Gasteiger partial charge in [-0.25, -0.2) is 4.98 Å². The van der Waals surface area contributed by atoms with Gasteiger partial charge in [0.2, 0.25) is 0 Å². The second-order valence-corrected chi connectivity index (χ2v) is 4.36. The van der Waals surface area contributed by atoms with Gasteiger partial charge >= 0.3 is 0 Å². The molecule has 1 aliphatic heterocycles. The van der Waals surface area contributed by atoms with Crippen molar-refractivity contribution in [1.29, 1.82) is 0 Å². The summed E-state index contributed by atoms with van der Waals surface area (Å²) in [6.07, 6.45) is 1.88. The zero-order chi connectivity index (χ0) is 12.4. The van der Waals surface area contributed by atoms with Gasteiger partial charge in [-0.3, -0.25) is 10.1 Å². The number of nitrogens with zero attached hydrogens (tertiary/aromatic N) is 3. The summed E-state index contributed by atoms with van der Waals surface area (Å²) >= 11 is 0. The van der Waals surface area contributed by atoms with Crippen LogP contribution in [0.15, 0.2) is 12.1 Å². The monoisotopic (exact) mass is 236 g/mol. The molecule has 6 heteroatoms. The summed E-state index contributed by atoms with van der Waals surface area (Å²) in [5.41, 5.74) is 6.36. The van der Waals surface area contributed by atoms with Crippen LogP contribution in [0, 0.1) is 17.0 Å². The highest BCUT2D eigenvalue weighted by atomic mass is 16.6. The molecule has 0 unspecified atom stereocenters. The number of aromatic nitrogens is 1. The predicted molar refractivity (Wildman–Crippen MR) is 65.1 cm³/mol. The lowest BCUT2D eigenvalue weighted by Crippen LogP contribution is -2.40. The molecule has 0 aliphatic carbocycles. The van der Waals surface area contributed by atoms with Crippen molar-refractivity contribution >= 4 is 11.5 Å². The Morgan fingerprint density at radius 3 is 2.65 bits per heavy atom. The molecule has 92 valence electrons. The van der Waals surface area contributed by atoms with Gasteiger partial charge in [0.25, 0.3) is 5.69 Å². The van der Waals surface area contributed by atoms with Crippen LogP contribution < -0.4 is 10.6 Å². The van der Waals surface area contributed by atoms with Crippen molar-refractivity contribution < 1.29 is 4.92 Å². The zero-order valence-electron chi connectivity index (χ0n) is 9.80. The second kappa shape index (κ2) is 4.67. The maximum absolute atomic E-state index is 10.7. The van der Waals surface area contributed by atoms with Crippen LogP contribution >= 0.6 is 0 Å². The molecule has 0 saturated carbocycles. The van der Waals surface area contributed by atoms with E-state index in [-0.39, 0.29) is 11.7 Å². The van der Waals surface area contributed by atoms with E-state index in [1.807, 2.05) is 0 Å². The summed E-state index contributed by atoms with van der Waals surface area (Å²) in [6.45, 7) is 3.40. The van der Waals surface area contributed by atoms with Gasteiger partial charge in [-0.2, -0.15) is 0 Å². The minimum atomic E-state index is -0.405. The maximum atomic E-state index is 10.7. The molecule has 1 aliphatic rings. The van der Waals surface area contributed by atoms with Crippen molar-refractivity contribution in [3.63, 3.8) is 0 Å². The van der Waals surface area contributed by atoms with Gasteiger partial charge in [0.15, 0.2) is 0 Å². The number of hydrogen-bond donors (Lipinski definition) is 1. The number of rotatable bonds is 2. The number of pyridine rings is 1. The van der Waals surface area contributed by atoms with Crippen LogP contribution in [0.5, 0.6) is 0 Å². The Hall–Kier alpha value is -1.69. The Morgan fingerprint density at radius 2 is 2.12 bits per heavy atom. The topological polar surface area (TPSA) is 85.3 Å². The lowest BCUT2D eigenvalue weighted by atomic mass is 10.1. The van der Waals surface area contributed by atoms with Crippen LogP contribution in [0.2, 0.25) is 0 Å². The molecule has 2 rings (SSSR count). The number of hydrogen-bond acceptors (Lipinski definition) is 5. The van der Waals surface area contributed by atoms with Crippen LogP contribution in [0.3, 0.4) is 0 Å². The Kier molecular flexibility index (Phi) is 3.23. The van der Waals surface area contributed by atoms with Gasteiger partial charge in [0.1, 0.15) is 11.5 Å². The van der Waals surface area contributed by atoms with Gasteiger partial charge in [-0.05, 0) is 25.8 Å². The molecule has 0 radical (unpaired) electrons. The Bertz CT molecular complexity index is 427. The molecule has 2 heterocycles. The van der Waals surface area contributed by atoms with Gasteiger partial charge in [0.05, 0.1) is 4.92 Å². The average molecular weight is 236 g/mol. The number of piperidine rings is 1. The standard InChI is InChI=1S/C11H16N4O2/c1-8-10(15(16)17)2-3-11(13-8)14-6-4-9(12)5-7-14/h2-3,9H,4-7,12H2,1H3. The van der Waals surface area contributed by atoms with E-state index in [2.05, 4.69) is 9.88 Å². The molecule has 0 amide bonds. The van der Waals surface area contributed by atoms with Crippen molar-refractivity contribution in [1.82, 2.24) is 4.98 Å². The molecular formula is C11H16N4O2. The van der Waals surface area contributed by atoms with E-state index in [4.69, 9.17) is 5.73 Å². The smallest absolute Gasteiger partial charge is 0.290 e. The SMILES string of the molecule is Cc1nc(N2CCC(N)CC2)ccc1[N+](=O)[O-]. The molecule has 0 bridgehead atoms. The predicted octanol–water partition coefficient (Wildman–Crippen LogP) is 1.23. The summed E-state index contributed by atoms with van der Waals surface area (Å²) < 4.78 is 0. The molecular weight excluding hydrogens is 220 g/mol. The van der Waals surface area contributed by atoms with E-state index in [1.54, 1.807) is 13.0 Å².